The molecule has 1 saturated heterocycles. The number of carbonyl (C=O) groups is 3. The number of nitrogens with one attached hydrogen (secondary N) is 1. The van der Waals surface area contributed by atoms with Crippen LogP contribution in [0.25, 0.3) is 0 Å². The molecular weight excluding hydrogens is 327 g/mol. The van der Waals surface area contributed by atoms with E-state index in [1.54, 1.807) is 4.90 Å². The van der Waals surface area contributed by atoms with Gasteiger partial charge in [-0.2, -0.15) is 0 Å². The van der Waals surface area contributed by atoms with E-state index < -0.39 is 30.2 Å². The lowest BCUT2D eigenvalue weighted by Gasteiger charge is -2.23. The largest absolute Gasteiger partial charge is 0.455 e. The third-order valence-electron chi connectivity index (χ3n) is 4.73. The summed E-state index contributed by atoms with van der Waals surface area (Å²) in [5.74, 6) is -1.95. The molecule has 134 valence electrons. The van der Waals surface area contributed by atoms with Crippen LogP contribution < -0.4 is 5.32 Å². The first-order chi connectivity index (χ1) is 12.0. The van der Waals surface area contributed by atoms with Crippen molar-refractivity contribution >= 4 is 23.5 Å². The van der Waals surface area contributed by atoms with Gasteiger partial charge in [-0.15, -0.1) is 0 Å². The minimum absolute atomic E-state index is 0.00962. The Morgan fingerprint density at radius 3 is 2.56 bits per heavy atom. The fourth-order valence-electron chi connectivity index (χ4n) is 3.44. The van der Waals surface area contributed by atoms with Crippen molar-refractivity contribution in [3.05, 3.63) is 30.1 Å². The van der Waals surface area contributed by atoms with Gasteiger partial charge in [0.25, 0.3) is 5.91 Å². The van der Waals surface area contributed by atoms with E-state index >= 15 is 0 Å². The molecule has 1 aliphatic carbocycles. The highest BCUT2D eigenvalue weighted by atomic mass is 19.1. The van der Waals surface area contributed by atoms with Crippen LogP contribution in [0.4, 0.5) is 10.1 Å². The Bertz CT molecular complexity index is 656. The molecular formula is C18H21FN2O4. The van der Waals surface area contributed by atoms with E-state index in [0.717, 1.165) is 25.7 Å². The molecule has 0 bridgehead atoms. The predicted octanol–water partition coefficient (Wildman–Crippen LogP) is 2.10. The number of amides is 2. The van der Waals surface area contributed by atoms with Gasteiger partial charge < -0.3 is 15.0 Å². The molecule has 7 heteroatoms. The number of hydrogen-bond acceptors (Lipinski definition) is 4. The fourth-order valence-corrected chi connectivity index (χ4v) is 3.44. The summed E-state index contributed by atoms with van der Waals surface area (Å²) in [5, 5.41) is 2.52. The second-order valence-corrected chi connectivity index (χ2v) is 6.55. The number of rotatable bonds is 5. The number of carbonyl (C=O) groups excluding carboxylic acids is 3. The number of esters is 1. The zero-order chi connectivity index (χ0) is 17.8. The first-order valence-corrected chi connectivity index (χ1v) is 8.54. The summed E-state index contributed by atoms with van der Waals surface area (Å²) >= 11 is 0. The van der Waals surface area contributed by atoms with E-state index in [4.69, 9.17) is 4.74 Å². The van der Waals surface area contributed by atoms with Crippen LogP contribution in [0.15, 0.2) is 24.3 Å². The molecule has 1 atom stereocenters. The minimum Gasteiger partial charge on any atom is -0.455 e. The Morgan fingerprint density at radius 2 is 1.88 bits per heavy atom. The summed E-state index contributed by atoms with van der Waals surface area (Å²) in [4.78, 5) is 37.8. The molecule has 1 saturated carbocycles. The highest BCUT2D eigenvalue weighted by Crippen LogP contribution is 2.29. The van der Waals surface area contributed by atoms with Crippen LogP contribution in [0, 0.1) is 11.7 Å². The number of likely N-dealkylation sites (tertiary alicyclic amines) is 1. The summed E-state index contributed by atoms with van der Waals surface area (Å²) in [7, 11) is 0. The third-order valence-corrected chi connectivity index (χ3v) is 4.73. The Balaban J connectivity index is 1.45. The molecule has 1 aliphatic heterocycles. The Kier molecular flexibility index (Phi) is 5.31. The number of benzene rings is 1. The highest BCUT2D eigenvalue weighted by Gasteiger charge is 2.39. The third kappa shape index (κ3) is 4.35. The molecule has 0 unspecified atom stereocenters. The molecule has 1 N–H and O–H groups in total. The molecule has 25 heavy (non-hydrogen) atoms. The second kappa shape index (κ2) is 7.63. The number of ether oxygens (including phenoxy) is 1. The summed E-state index contributed by atoms with van der Waals surface area (Å²) in [5.41, 5.74) is 0.422. The van der Waals surface area contributed by atoms with Crippen molar-refractivity contribution in [1.82, 2.24) is 4.90 Å². The molecule has 0 aromatic heterocycles. The molecule has 1 heterocycles. The lowest BCUT2D eigenvalue weighted by molar-refractivity contribution is -0.151. The molecule has 2 aliphatic rings. The van der Waals surface area contributed by atoms with Gasteiger partial charge in [0.1, 0.15) is 5.82 Å². The summed E-state index contributed by atoms with van der Waals surface area (Å²) < 4.78 is 17.9. The maximum absolute atomic E-state index is 12.8. The second-order valence-electron chi connectivity index (χ2n) is 6.55. The van der Waals surface area contributed by atoms with E-state index in [9.17, 15) is 18.8 Å². The van der Waals surface area contributed by atoms with E-state index in [1.165, 1.54) is 24.3 Å². The smallest absolute Gasteiger partial charge is 0.311 e. The lowest BCUT2D eigenvalue weighted by atomic mass is 10.1. The van der Waals surface area contributed by atoms with E-state index in [0.29, 0.717) is 12.2 Å². The molecule has 0 spiro atoms. The van der Waals surface area contributed by atoms with E-state index in [-0.39, 0.29) is 18.4 Å². The van der Waals surface area contributed by atoms with Crippen molar-refractivity contribution in [1.29, 1.82) is 0 Å². The summed E-state index contributed by atoms with van der Waals surface area (Å²) in [6.45, 7) is -0.0494. The van der Waals surface area contributed by atoms with Crippen LogP contribution in [-0.2, 0) is 19.1 Å². The SMILES string of the molecule is O=C(COC(=O)[C@@H]1CC(=O)N(C2CCCC2)C1)Nc1ccc(F)cc1. The number of anilines is 1. The molecule has 0 radical (unpaired) electrons. The van der Waals surface area contributed by atoms with Gasteiger partial charge in [0.05, 0.1) is 5.92 Å². The minimum atomic E-state index is -0.525. The maximum atomic E-state index is 12.8. The average molecular weight is 348 g/mol. The standard InChI is InChI=1S/C18H21FN2O4/c19-13-5-7-14(8-6-13)20-16(22)11-25-18(24)12-9-17(23)21(10-12)15-3-1-2-4-15/h5-8,12,15H,1-4,9-11H2,(H,20,22)/t12-/m1/s1. The number of hydrogen-bond donors (Lipinski definition) is 1. The lowest BCUT2D eigenvalue weighted by Crippen LogP contribution is -2.35. The fraction of sp³-hybridized carbons (Fsp3) is 0.500. The zero-order valence-electron chi connectivity index (χ0n) is 13.9. The van der Waals surface area contributed by atoms with Gasteiger partial charge >= 0.3 is 5.97 Å². The van der Waals surface area contributed by atoms with Gasteiger partial charge in [0.15, 0.2) is 6.61 Å². The van der Waals surface area contributed by atoms with Crippen LogP contribution in [0.5, 0.6) is 0 Å². The van der Waals surface area contributed by atoms with Gasteiger partial charge in [-0.25, -0.2) is 4.39 Å². The normalized spacial score (nSPS) is 20.8. The summed E-state index contributed by atoms with van der Waals surface area (Å²) in [6.07, 6.45) is 4.37. The van der Waals surface area contributed by atoms with Gasteiger partial charge in [-0.05, 0) is 37.1 Å². The Morgan fingerprint density at radius 1 is 1.20 bits per heavy atom. The van der Waals surface area contributed by atoms with Crippen LogP contribution in [0.1, 0.15) is 32.1 Å². The van der Waals surface area contributed by atoms with Crippen molar-refractivity contribution in [3.8, 4) is 0 Å². The first-order valence-electron chi connectivity index (χ1n) is 8.54. The molecule has 1 aromatic rings. The Labute approximate surface area is 145 Å². The highest BCUT2D eigenvalue weighted by molar-refractivity contribution is 5.93. The molecule has 2 fully saturated rings. The van der Waals surface area contributed by atoms with Crippen molar-refractivity contribution in [2.24, 2.45) is 5.92 Å². The monoisotopic (exact) mass is 348 g/mol. The molecule has 3 rings (SSSR count). The number of nitrogens with zero attached hydrogens (tertiary/aromatic N) is 1. The van der Waals surface area contributed by atoms with Crippen LogP contribution in [0.3, 0.4) is 0 Å². The van der Waals surface area contributed by atoms with E-state index in [1.807, 2.05) is 0 Å². The van der Waals surface area contributed by atoms with Crippen LogP contribution in [-0.4, -0.2) is 41.9 Å². The van der Waals surface area contributed by atoms with Gasteiger partial charge in [0.2, 0.25) is 5.91 Å². The Hall–Kier alpha value is -2.44. The molecule has 1 aromatic carbocycles. The molecule has 6 nitrogen and oxygen atoms in total. The predicted molar refractivity (Wildman–Crippen MR) is 88.1 cm³/mol. The van der Waals surface area contributed by atoms with Crippen molar-refractivity contribution < 1.29 is 23.5 Å². The van der Waals surface area contributed by atoms with E-state index in [2.05, 4.69) is 5.32 Å². The average Bonchev–Trinajstić information content (AvgIpc) is 3.24. The quantitative estimate of drug-likeness (QED) is 0.827. The topological polar surface area (TPSA) is 75.7 Å². The summed E-state index contributed by atoms with van der Waals surface area (Å²) in [6, 6.07) is 5.54. The van der Waals surface area contributed by atoms with Gasteiger partial charge in [-0.3, -0.25) is 14.4 Å². The van der Waals surface area contributed by atoms with Crippen LogP contribution in [0.2, 0.25) is 0 Å². The van der Waals surface area contributed by atoms with Gasteiger partial charge in [0, 0.05) is 24.7 Å². The number of halogens is 1. The first kappa shape index (κ1) is 17.4. The molecule has 2 amide bonds. The van der Waals surface area contributed by atoms with Crippen molar-refractivity contribution in [2.45, 2.75) is 38.1 Å². The van der Waals surface area contributed by atoms with Crippen molar-refractivity contribution in [3.63, 3.8) is 0 Å². The zero-order valence-corrected chi connectivity index (χ0v) is 13.9. The van der Waals surface area contributed by atoms with Crippen molar-refractivity contribution in [2.75, 3.05) is 18.5 Å². The van der Waals surface area contributed by atoms with Crippen LogP contribution >= 0.6 is 0 Å². The van der Waals surface area contributed by atoms with Gasteiger partial charge in [-0.1, -0.05) is 12.8 Å². The maximum Gasteiger partial charge on any atom is 0.311 e.